The molecule has 0 fully saturated rings. The molecular formula is C14H20Cl2N3O2+. The summed E-state index contributed by atoms with van der Waals surface area (Å²) >= 11 is 12.0. The zero-order valence-electron chi connectivity index (χ0n) is 12.5. The van der Waals surface area contributed by atoms with Crippen molar-refractivity contribution in [3.05, 3.63) is 28.2 Å². The molecule has 0 aromatic heterocycles. The highest BCUT2D eigenvalue weighted by Crippen LogP contribution is 2.24. The Morgan fingerprint density at radius 2 is 2.00 bits per heavy atom. The fourth-order valence-corrected chi connectivity index (χ4v) is 1.77. The van der Waals surface area contributed by atoms with Gasteiger partial charge in [0.2, 0.25) is 0 Å². The van der Waals surface area contributed by atoms with Crippen LogP contribution in [-0.2, 0) is 9.53 Å². The SMILES string of the molecule is CCOC(=O)C(NNc1cc(Cl)ccc1Cl)=[NH+]C(C)(C)C. The van der Waals surface area contributed by atoms with Crippen LogP contribution in [0.2, 0.25) is 10.0 Å². The molecule has 0 unspecified atom stereocenters. The molecule has 0 aliphatic rings. The number of rotatable bonds is 3. The molecule has 21 heavy (non-hydrogen) atoms. The van der Waals surface area contributed by atoms with Crippen LogP contribution in [0.5, 0.6) is 0 Å². The fourth-order valence-electron chi connectivity index (χ4n) is 1.43. The monoisotopic (exact) mass is 332 g/mol. The number of benzene rings is 1. The largest absolute Gasteiger partial charge is 0.457 e. The molecule has 0 spiro atoms. The number of hydrogen-bond donors (Lipinski definition) is 3. The fraction of sp³-hybridized carbons (Fsp3) is 0.429. The minimum absolute atomic E-state index is 0.195. The molecule has 0 saturated heterocycles. The summed E-state index contributed by atoms with van der Waals surface area (Å²) < 4.78 is 4.99. The van der Waals surface area contributed by atoms with Crippen molar-refractivity contribution in [2.75, 3.05) is 12.0 Å². The van der Waals surface area contributed by atoms with Crippen LogP contribution in [-0.4, -0.2) is 24.0 Å². The first-order valence-corrected chi connectivity index (χ1v) is 7.28. The van der Waals surface area contributed by atoms with Crippen molar-refractivity contribution in [3.63, 3.8) is 0 Å². The molecule has 0 aliphatic carbocycles. The molecule has 7 heteroatoms. The highest BCUT2D eigenvalue weighted by Gasteiger charge is 2.24. The summed E-state index contributed by atoms with van der Waals surface area (Å²) in [5.41, 5.74) is 5.88. The lowest BCUT2D eigenvalue weighted by Gasteiger charge is -2.13. The van der Waals surface area contributed by atoms with Gasteiger partial charge in [-0.1, -0.05) is 23.2 Å². The summed E-state index contributed by atoms with van der Waals surface area (Å²) in [5, 5.41) is 1.01. The van der Waals surface area contributed by atoms with E-state index in [1.807, 2.05) is 20.8 Å². The van der Waals surface area contributed by atoms with Gasteiger partial charge in [-0.2, -0.15) is 5.43 Å². The Morgan fingerprint density at radius 1 is 1.33 bits per heavy atom. The lowest BCUT2D eigenvalue weighted by molar-refractivity contribution is -0.539. The number of carbonyl (C=O) groups excluding carboxylic acids is 1. The highest BCUT2D eigenvalue weighted by atomic mass is 35.5. The summed E-state index contributed by atoms with van der Waals surface area (Å²) in [4.78, 5) is 14.9. The molecule has 0 aliphatic heterocycles. The van der Waals surface area contributed by atoms with E-state index in [9.17, 15) is 4.79 Å². The molecule has 116 valence electrons. The van der Waals surface area contributed by atoms with Gasteiger partial charge in [0, 0.05) is 5.02 Å². The van der Waals surface area contributed by atoms with Crippen molar-refractivity contribution in [2.24, 2.45) is 0 Å². The third kappa shape index (κ3) is 6.23. The van der Waals surface area contributed by atoms with E-state index in [1.165, 1.54) is 0 Å². The average Bonchev–Trinajstić information content (AvgIpc) is 2.37. The number of hydrogen-bond acceptors (Lipinski definition) is 3. The van der Waals surface area contributed by atoms with Gasteiger partial charge < -0.3 is 4.74 Å². The predicted octanol–water partition coefficient (Wildman–Crippen LogP) is 1.75. The molecular weight excluding hydrogens is 313 g/mol. The molecule has 5 nitrogen and oxygen atoms in total. The number of esters is 1. The van der Waals surface area contributed by atoms with Crippen molar-refractivity contribution in [1.29, 1.82) is 0 Å². The van der Waals surface area contributed by atoms with Gasteiger partial charge in [0.05, 0.1) is 22.9 Å². The van der Waals surface area contributed by atoms with Crippen molar-refractivity contribution >= 4 is 40.7 Å². The van der Waals surface area contributed by atoms with Gasteiger partial charge in [0.1, 0.15) is 0 Å². The van der Waals surface area contributed by atoms with Crippen LogP contribution in [0.4, 0.5) is 5.69 Å². The summed E-state index contributed by atoms with van der Waals surface area (Å²) in [6.07, 6.45) is 0. The molecule has 0 radical (unpaired) electrons. The summed E-state index contributed by atoms with van der Waals surface area (Å²) in [7, 11) is 0. The molecule has 0 atom stereocenters. The second kappa shape index (κ2) is 7.52. The van der Waals surface area contributed by atoms with E-state index in [2.05, 4.69) is 15.8 Å². The van der Waals surface area contributed by atoms with E-state index < -0.39 is 5.97 Å². The maximum Gasteiger partial charge on any atom is 0.423 e. The van der Waals surface area contributed by atoms with Crippen LogP contribution >= 0.6 is 23.2 Å². The number of anilines is 1. The summed E-state index contributed by atoms with van der Waals surface area (Å²) in [6, 6.07) is 4.99. The van der Waals surface area contributed by atoms with Crippen LogP contribution in [0, 0.1) is 0 Å². The Labute approximate surface area is 134 Å². The topological polar surface area (TPSA) is 64.3 Å². The van der Waals surface area contributed by atoms with Gasteiger partial charge in [0.15, 0.2) is 0 Å². The Kier molecular flexibility index (Phi) is 6.30. The molecule has 0 heterocycles. The zero-order valence-corrected chi connectivity index (χ0v) is 14.0. The summed E-state index contributed by atoms with van der Waals surface area (Å²) in [5.74, 6) is -0.293. The first-order valence-electron chi connectivity index (χ1n) is 6.52. The number of carbonyl (C=O) groups is 1. The maximum atomic E-state index is 11.9. The second-order valence-corrected chi connectivity index (χ2v) is 6.19. The van der Waals surface area contributed by atoms with Crippen LogP contribution in [0.25, 0.3) is 0 Å². The van der Waals surface area contributed by atoms with Crippen LogP contribution < -0.4 is 15.8 Å². The summed E-state index contributed by atoms with van der Waals surface area (Å²) in [6.45, 7) is 7.82. The van der Waals surface area contributed by atoms with E-state index in [0.717, 1.165) is 0 Å². The van der Waals surface area contributed by atoms with Gasteiger partial charge in [0.25, 0.3) is 0 Å². The normalized spacial score (nSPS) is 12.0. The average molecular weight is 333 g/mol. The molecule has 0 amide bonds. The van der Waals surface area contributed by atoms with Crippen molar-refractivity contribution < 1.29 is 14.5 Å². The molecule has 1 aromatic rings. The first kappa shape index (κ1) is 17.6. The molecule has 1 aromatic carbocycles. The number of hydrazine groups is 1. The quantitative estimate of drug-likeness (QED) is 0.341. The van der Waals surface area contributed by atoms with Crippen molar-refractivity contribution in [2.45, 2.75) is 33.2 Å². The Bertz CT molecular complexity index is 540. The minimum atomic E-state index is -0.488. The molecule has 0 saturated carbocycles. The van der Waals surface area contributed by atoms with E-state index in [1.54, 1.807) is 25.1 Å². The maximum absolute atomic E-state index is 11.9. The predicted molar refractivity (Wildman–Crippen MR) is 85.6 cm³/mol. The number of ether oxygens (including phenoxy) is 1. The van der Waals surface area contributed by atoms with E-state index >= 15 is 0 Å². The van der Waals surface area contributed by atoms with Crippen LogP contribution in [0.3, 0.4) is 0 Å². The van der Waals surface area contributed by atoms with Crippen molar-refractivity contribution in [1.82, 2.24) is 5.43 Å². The number of amidine groups is 1. The number of halogens is 2. The standard InChI is InChI=1S/C14H19Cl2N3O2/c1-5-21-13(20)12(17-14(2,3)4)19-18-11-8-9(15)6-7-10(11)16/h6-8,18H,5H2,1-4H3,(H,17,19)/p+1. The Balaban J connectivity index is 2.90. The smallest absolute Gasteiger partial charge is 0.423 e. The van der Waals surface area contributed by atoms with Gasteiger partial charge in [-0.05, 0) is 45.9 Å². The lowest BCUT2D eigenvalue weighted by atomic mass is 10.1. The lowest BCUT2D eigenvalue weighted by Crippen LogP contribution is -2.88. The molecule has 0 bridgehead atoms. The van der Waals surface area contributed by atoms with Gasteiger partial charge in [-0.3, -0.25) is 4.99 Å². The van der Waals surface area contributed by atoms with Gasteiger partial charge >= 0.3 is 11.8 Å². The highest BCUT2D eigenvalue weighted by molar-refractivity contribution is 6.35. The van der Waals surface area contributed by atoms with Gasteiger partial charge in [-0.15, -0.1) is 0 Å². The van der Waals surface area contributed by atoms with Crippen LogP contribution in [0.1, 0.15) is 27.7 Å². The Hall–Kier alpha value is -1.46. The molecule has 3 N–H and O–H groups in total. The zero-order chi connectivity index (χ0) is 16.0. The molecule has 1 rings (SSSR count). The van der Waals surface area contributed by atoms with E-state index in [4.69, 9.17) is 27.9 Å². The first-order chi connectivity index (χ1) is 9.73. The van der Waals surface area contributed by atoms with Crippen molar-refractivity contribution in [3.8, 4) is 0 Å². The van der Waals surface area contributed by atoms with Crippen LogP contribution in [0.15, 0.2) is 18.2 Å². The van der Waals surface area contributed by atoms with E-state index in [0.29, 0.717) is 15.7 Å². The Morgan fingerprint density at radius 3 is 2.57 bits per heavy atom. The third-order valence-corrected chi connectivity index (χ3v) is 2.79. The van der Waals surface area contributed by atoms with Gasteiger partial charge in [-0.25, -0.2) is 10.2 Å². The number of nitrogens with one attached hydrogen (secondary N) is 3. The third-order valence-electron chi connectivity index (χ3n) is 2.23. The second-order valence-electron chi connectivity index (χ2n) is 5.34. The van der Waals surface area contributed by atoms with E-state index in [-0.39, 0.29) is 18.0 Å². The minimum Gasteiger partial charge on any atom is -0.457 e.